The van der Waals surface area contributed by atoms with E-state index in [1.165, 1.54) is 6.20 Å². The van der Waals surface area contributed by atoms with Crippen LogP contribution in [0.4, 0.5) is 0 Å². The number of hydrogen-bond donors (Lipinski definition) is 2. The SMILES string of the molecule is CC(CCCC(=O)O)NC(=O)c1ccc(Br)nc1. The molecule has 0 bridgehead atoms. The van der Waals surface area contributed by atoms with E-state index in [0.29, 0.717) is 23.0 Å². The van der Waals surface area contributed by atoms with E-state index in [0.717, 1.165) is 0 Å². The summed E-state index contributed by atoms with van der Waals surface area (Å²) in [4.78, 5) is 26.1. The summed E-state index contributed by atoms with van der Waals surface area (Å²) in [5.41, 5.74) is 0.489. The normalized spacial score (nSPS) is 11.9. The van der Waals surface area contributed by atoms with Crippen molar-refractivity contribution in [3.8, 4) is 0 Å². The summed E-state index contributed by atoms with van der Waals surface area (Å²) in [6.07, 6.45) is 2.81. The second-order valence-electron chi connectivity index (χ2n) is 4.03. The molecule has 1 atom stereocenters. The highest BCUT2D eigenvalue weighted by Gasteiger charge is 2.10. The standard InChI is InChI=1S/C12H15BrN2O3/c1-8(3-2-4-11(16)17)15-12(18)9-5-6-10(13)14-7-9/h5-8H,2-4H2,1H3,(H,15,18)(H,16,17). The van der Waals surface area contributed by atoms with Crippen LogP contribution in [0.3, 0.4) is 0 Å². The van der Waals surface area contributed by atoms with E-state index in [9.17, 15) is 9.59 Å². The molecule has 5 nitrogen and oxygen atoms in total. The number of hydrogen-bond acceptors (Lipinski definition) is 3. The third-order valence-corrected chi connectivity index (χ3v) is 2.86. The summed E-state index contributed by atoms with van der Waals surface area (Å²) < 4.78 is 0.675. The molecule has 0 saturated heterocycles. The molecule has 1 heterocycles. The zero-order valence-electron chi connectivity index (χ0n) is 10.0. The minimum Gasteiger partial charge on any atom is -0.481 e. The minimum absolute atomic E-state index is 0.0551. The van der Waals surface area contributed by atoms with Crippen molar-refractivity contribution >= 4 is 27.8 Å². The topological polar surface area (TPSA) is 79.3 Å². The summed E-state index contributed by atoms with van der Waals surface area (Å²) in [6, 6.07) is 3.32. The number of rotatable bonds is 6. The van der Waals surface area contributed by atoms with Crippen molar-refractivity contribution < 1.29 is 14.7 Å². The molecule has 0 spiro atoms. The Kier molecular flexibility index (Phi) is 5.77. The van der Waals surface area contributed by atoms with Crippen LogP contribution in [0.15, 0.2) is 22.9 Å². The van der Waals surface area contributed by atoms with Crippen LogP contribution in [0.1, 0.15) is 36.5 Å². The first-order valence-corrected chi connectivity index (χ1v) is 6.42. The number of carboxylic acids is 1. The Balaban J connectivity index is 2.39. The Morgan fingerprint density at radius 1 is 1.50 bits per heavy atom. The smallest absolute Gasteiger partial charge is 0.303 e. The Bertz CT molecular complexity index is 420. The van der Waals surface area contributed by atoms with Crippen molar-refractivity contribution in [2.24, 2.45) is 0 Å². The first-order chi connectivity index (χ1) is 8.49. The van der Waals surface area contributed by atoms with Gasteiger partial charge in [-0.3, -0.25) is 9.59 Å². The van der Waals surface area contributed by atoms with Crippen molar-refractivity contribution in [1.29, 1.82) is 0 Å². The number of amides is 1. The lowest BCUT2D eigenvalue weighted by molar-refractivity contribution is -0.137. The van der Waals surface area contributed by atoms with E-state index in [1.54, 1.807) is 12.1 Å². The summed E-state index contributed by atoms with van der Waals surface area (Å²) in [5, 5.41) is 11.3. The number of aromatic nitrogens is 1. The van der Waals surface area contributed by atoms with E-state index < -0.39 is 5.97 Å². The molecule has 0 aliphatic rings. The molecule has 2 N–H and O–H groups in total. The van der Waals surface area contributed by atoms with Gasteiger partial charge in [-0.1, -0.05) is 0 Å². The lowest BCUT2D eigenvalue weighted by atomic mass is 10.1. The van der Waals surface area contributed by atoms with Gasteiger partial charge in [-0.05, 0) is 47.8 Å². The summed E-state index contributed by atoms with van der Waals surface area (Å²) in [7, 11) is 0. The summed E-state index contributed by atoms with van der Waals surface area (Å²) in [5.74, 6) is -1.01. The maximum atomic E-state index is 11.8. The molecule has 1 aromatic heterocycles. The molecule has 0 saturated carbocycles. The largest absolute Gasteiger partial charge is 0.481 e. The van der Waals surface area contributed by atoms with E-state index in [4.69, 9.17) is 5.11 Å². The van der Waals surface area contributed by atoms with Crippen LogP contribution in [0.2, 0.25) is 0 Å². The zero-order chi connectivity index (χ0) is 13.5. The van der Waals surface area contributed by atoms with Crippen molar-refractivity contribution in [1.82, 2.24) is 10.3 Å². The number of nitrogens with zero attached hydrogens (tertiary/aromatic N) is 1. The van der Waals surface area contributed by atoms with Gasteiger partial charge in [0.15, 0.2) is 0 Å². The molecule has 1 amide bonds. The second-order valence-corrected chi connectivity index (χ2v) is 4.84. The molecule has 1 aromatic rings. The number of carbonyl (C=O) groups excluding carboxylic acids is 1. The van der Waals surface area contributed by atoms with Gasteiger partial charge in [0.25, 0.3) is 5.91 Å². The lowest BCUT2D eigenvalue weighted by Gasteiger charge is -2.13. The molecular weight excluding hydrogens is 300 g/mol. The van der Waals surface area contributed by atoms with Gasteiger partial charge in [-0.25, -0.2) is 4.98 Å². The Hall–Kier alpha value is -1.43. The van der Waals surface area contributed by atoms with E-state index in [-0.39, 0.29) is 18.4 Å². The third kappa shape index (κ3) is 5.27. The van der Waals surface area contributed by atoms with Gasteiger partial charge in [0, 0.05) is 18.7 Å². The fourth-order valence-electron chi connectivity index (χ4n) is 1.45. The van der Waals surface area contributed by atoms with Crippen molar-refractivity contribution in [3.05, 3.63) is 28.5 Å². The number of carboxylic acid groups (broad SMARTS) is 1. The molecule has 0 aliphatic carbocycles. The van der Waals surface area contributed by atoms with Gasteiger partial charge in [0.05, 0.1) is 5.56 Å². The molecule has 98 valence electrons. The van der Waals surface area contributed by atoms with E-state index in [1.807, 2.05) is 6.92 Å². The zero-order valence-corrected chi connectivity index (χ0v) is 11.6. The average Bonchev–Trinajstić information content (AvgIpc) is 2.29. The first-order valence-electron chi connectivity index (χ1n) is 5.63. The minimum atomic E-state index is -0.814. The van der Waals surface area contributed by atoms with Gasteiger partial charge in [0.2, 0.25) is 0 Å². The van der Waals surface area contributed by atoms with Crippen LogP contribution >= 0.6 is 15.9 Å². The molecule has 1 rings (SSSR count). The summed E-state index contributed by atoms with van der Waals surface area (Å²) >= 11 is 3.19. The van der Waals surface area contributed by atoms with E-state index in [2.05, 4.69) is 26.2 Å². The molecule has 0 fully saturated rings. The van der Waals surface area contributed by atoms with Gasteiger partial charge in [-0.15, -0.1) is 0 Å². The Labute approximate surface area is 114 Å². The van der Waals surface area contributed by atoms with Gasteiger partial charge >= 0.3 is 5.97 Å². The maximum absolute atomic E-state index is 11.8. The first kappa shape index (κ1) is 14.6. The monoisotopic (exact) mass is 314 g/mol. The second kappa shape index (κ2) is 7.10. The van der Waals surface area contributed by atoms with Crippen molar-refractivity contribution in [2.75, 3.05) is 0 Å². The third-order valence-electron chi connectivity index (χ3n) is 2.39. The number of halogens is 1. The molecule has 18 heavy (non-hydrogen) atoms. The van der Waals surface area contributed by atoms with Gasteiger partial charge < -0.3 is 10.4 Å². The highest BCUT2D eigenvalue weighted by molar-refractivity contribution is 9.10. The highest BCUT2D eigenvalue weighted by Crippen LogP contribution is 2.07. The van der Waals surface area contributed by atoms with Crippen LogP contribution in [-0.4, -0.2) is 28.0 Å². The van der Waals surface area contributed by atoms with Crippen molar-refractivity contribution in [3.63, 3.8) is 0 Å². The molecule has 1 unspecified atom stereocenters. The number of pyridine rings is 1. The van der Waals surface area contributed by atoms with Crippen LogP contribution in [0.25, 0.3) is 0 Å². The molecule has 0 aromatic carbocycles. The number of nitrogens with one attached hydrogen (secondary N) is 1. The van der Waals surface area contributed by atoms with Gasteiger partial charge in [0.1, 0.15) is 4.60 Å². The van der Waals surface area contributed by atoms with Crippen molar-refractivity contribution in [2.45, 2.75) is 32.2 Å². The predicted molar refractivity (Wildman–Crippen MR) is 70.4 cm³/mol. The average molecular weight is 315 g/mol. The fourth-order valence-corrected chi connectivity index (χ4v) is 1.68. The highest BCUT2D eigenvalue weighted by atomic mass is 79.9. The molecule has 0 aliphatic heterocycles. The maximum Gasteiger partial charge on any atom is 0.303 e. The van der Waals surface area contributed by atoms with Crippen LogP contribution in [-0.2, 0) is 4.79 Å². The van der Waals surface area contributed by atoms with E-state index >= 15 is 0 Å². The molecule has 6 heteroatoms. The van der Waals surface area contributed by atoms with Crippen LogP contribution in [0, 0.1) is 0 Å². The van der Waals surface area contributed by atoms with Crippen LogP contribution < -0.4 is 5.32 Å². The predicted octanol–water partition coefficient (Wildman–Crippen LogP) is 2.22. The molecule has 0 radical (unpaired) electrons. The lowest BCUT2D eigenvalue weighted by Crippen LogP contribution is -2.32. The van der Waals surface area contributed by atoms with Crippen LogP contribution in [0.5, 0.6) is 0 Å². The molecular formula is C12H15BrN2O3. The fraction of sp³-hybridized carbons (Fsp3) is 0.417. The quantitative estimate of drug-likeness (QED) is 0.789. The Morgan fingerprint density at radius 2 is 2.22 bits per heavy atom. The summed E-state index contributed by atoms with van der Waals surface area (Å²) in [6.45, 7) is 1.85. The van der Waals surface area contributed by atoms with Gasteiger partial charge in [-0.2, -0.15) is 0 Å². The number of carbonyl (C=O) groups is 2. The Morgan fingerprint density at radius 3 is 2.78 bits per heavy atom. The number of aliphatic carboxylic acids is 1.